The van der Waals surface area contributed by atoms with E-state index in [0.717, 1.165) is 48.9 Å². The number of unbranched alkanes of at least 4 members (excludes halogenated alkanes) is 3. The number of aromatic nitrogens is 1. The summed E-state index contributed by atoms with van der Waals surface area (Å²) in [4.78, 5) is 4.60. The molecule has 0 amide bonds. The maximum absolute atomic E-state index is 9.67. The first kappa shape index (κ1) is 19.3. The molecule has 2 aromatic rings. The minimum Gasteiger partial charge on any atom is -0.383 e. The Balaban J connectivity index is 2.62. The largest absolute Gasteiger partial charge is 0.383 e. The third kappa shape index (κ3) is 4.74. The van der Waals surface area contributed by atoms with Crippen LogP contribution < -0.4 is 5.73 Å². The van der Waals surface area contributed by atoms with E-state index in [1.165, 1.54) is 18.4 Å². The predicted molar refractivity (Wildman–Crippen MR) is 106 cm³/mol. The summed E-state index contributed by atoms with van der Waals surface area (Å²) in [7, 11) is 0. The van der Waals surface area contributed by atoms with Crippen LogP contribution in [0.4, 0.5) is 5.82 Å². The zero-order valence-electron chi connectivity index (χ0n) is 15.1. The smallest absolute Gasteiger partial charge is 0.142 e. The molecule has 0 spiro atoms. The van der Waals surface area contributed by atoms with Crippen LogP contribution in [0, 0.1) is 11.3 Å². The molecular weight excluding hydrogens is 330 g/mol. The second-order valence-electron chi connectivity index (χ2n) is 6.35. The van der Waals surface area contributed by atoms with Crippen molar-refractivity contribution >= 4 is 17.4 Å². The van der Waals surface area contributed by atoms with Gasteiger partial charge in [0.15, 0.2) is 0 Å². The van der Waals surface area contributed by atoms with Crippen molar-refractivity contribution in [1.82, 2.24) is 4.98 Å². The molecule has 0 radical (unpaired) electrons. The first-order valence-electron chi connectivity index (χ1n) is 9.09. The Kier molecular flexibility index (Phi) is 7.28. The average Bonchev–Trinajstić information content (AvgIpc) is 2.61. The first-order chi connectivity index (χ1) is 12.1. The van der Waals surface area contributed by atoms with E-state index in [1.807, 2.05) is 24.3 Å². The lowest BCUT2D eigenvalue weighted by atomic mass is 9.90. The Morgan fingerprint density at radius 2 is 1.72 bits per heavy atom. The Morgan fingerprint density at radius 1 is 1.04 bits per heavy atom. The van der Waals surface area contributed by atoms with Gasteiger partial charge >= 0.3 is 0 Å². The van der Waals surface area contributed by atoms with Gasteiger partial charge in [-0.05, 0) is 48.9 Å². The molecule has 0 fully saturated rings. The Hall–Kier alpha value is -2.05. The fraction of sp³-hybridized carbons (Fsp3) is 0.429. The van der Waals surface area contributed by atoms with E-state index in [9.17, 15) is 5.26 Å². The molecule has 0 saturated heterocycles. The molecule has 2 rings (SSSR count). The Morgan fingerprint density at radius 3 is 2.32 bits per heavy atom. The van der Waals surface area contributed by atoms with Crippen LogP contribution in [-0.4, -0.2) is 4.98 Å². The van der Waals surface area contributed by atoms with E-state index in [1.54, 1.807) is 0 Å². The summed E-state index contributed by atoms with van der Waals surface area (Å²) in [6, 6.07) is 9.90. The van der Waals surface area contributed by atoms with Gasteiger partial charge in [0.25, 0.3) is 0 Å². The van der Waals surface area contributed by atoms with Crippen molar-refractivity contribution in [2.24, 2.45) is 0 Å². The fourth-order valence-electron chi connectivity index (χ4n) is 3.11. The molecule has 3 nitrogen and oxygen atoms in total. The molecule has 0 aliphatic carbocycles. The summed E-state index contributed by atoms with van der Waals surface area (Å²) in [6.07, 6.45) is 7.42. The van der Waals surface area contributed by atoms with Crippen LogP contribution in [0.25, 0.3) is 11.1 Å². The standard InChI is InChI=1S/C21H26ClN3/c1-3-5-7-9-19-17(8-6-4-2)20(18(14-23)21(24)25-19)15-10-12-16(22)13-11-15/h10-13H,3-9H2,1-2H3,(H2,24,25). The quantitative estimate of drug-likeness (QED) is 0.596. The number of anilines is 1. The van der Waals surface area contributed by atoms with Gasteiger partial charge in [0, 0.05) is 16.3 Å². The molecule has 132 valence electrons. The highest BCUT2D eigenvalue weighted by atomic mass is 35.5. The second-order valence-corrected chi connectivity index (χ2v) is 6.79. The van der Waals surface area contributed by atoms with E-state index >= 15 is 0 Å². The van der Waals surface area contributed by atoms with Gasteiger partial charge in [0.05, 0.1) is 0 Å². The normalized spacial score (nSPS) is 10.6. The molecule has 0 bridgehead atoms. The summed E-state index contributed by atoms with van der Waals surface area (Å²) in [5.41, 5.74) is 10.8. The Labute approximate surface area is 155 Å². The summed E-state index contributed by atoms with van der Waals surface area (Å²) in [5.74, 6) is 0.333. The van der Waals surface area contributed by atoms with Crippen LogP contribution in [0.15, 0.2) is 24.3 Å². The number of halogens is 1. The monoisotopic (exact) mass is 355 g/mol. The number of nitrogens with zero attached hydrogens (tertiary/aromatic N) is 2. The molecule has 4 heteroatoms. The van der Waals surface area contributed by atoms with Crippen molar-refractivity contribution in [3.8, 4) is 17.2 Å². The third-order valence-corrected chi connectivity index (χ3v) is 4.71. The maximum atomic E-state index is 9.67. The van der Waals surface area contributed by atoms with Crippen molar-refractivity contribution in [2.45, 2.75) is 58.8 Å². The number of rotatable bonds is 8. The fourth-order valence-corrected chi connectivity index (χ4v) is 3.24. The van der Waals surface area contributed by atoms with Crippen LogP contribution >= 0.6 is 11.6 Å². The average molecular weight is 356 g/mol. The number of aryl methyl sites for hydroxylation is 1. The van der Waals surface area contributed by atoms with Gasteiger partial charge < -0.3 is 5.73 Å². The van der Waals surface area contributed by atoms with Gasteiger partial charge in [-0.1, -0.05) is 56.8 Å². The van der Waals surface area contributed by atoms with Crippen molar-refractivity contribution in [2.75, 3.05) is 5.73 Å². The summed E-state index contributed by atoms with van der Waals surface area (Å²) in [6.45, 7) is 4.37. The zero-order chi connectivity index (χ0) is 18.2. The van der Waals surface area contributed by atoms with Crippen molar-refractivity contribution in [1.29, 1.82) is 5.26 Å². The summed E-state index contributed by atoms with van der Waals surface area (Å²) in [5, 5.41) is 10.4. The lowest BCUT2D eigenvalue weighted by molar-refractivity contribution is 0.696. The SMILES string of the molecule is CCCCCc1nc(N)c(C#N)c(-c2ccc(Cl)cc2)c1CCCC. The molecule has 25 heavy (non-hydrogen) atoms. The van der Waals surface area contributed by atoms with E-state index in [0.29, 0.717) is 16.4 Å². The molecule has 0 aliphatic heterocycles. The van der Waals surface area contributed by atoms with Crippen LogP contribution in [0.1, 0.15) is 62.8 Å². The van der Waals surface area contributed by atoms with Crippen LogP contribution in [0.3, 0.4) is 0 Å². The molecule has 0 aliphatic rings. The highest BCUT2D eigenvalue weighted by molar-refractivity contribution is 6.30. The number of pyridine rings is 1. The number of hydrogen-bond donors (Lipinski definition) is 1. The van der Waals surface area contributed by atoms with Crippen molar-refractivity contribution < 1.29 is 0 Å². The number of benzene rings is 1. The van der Waals surface area contributed by atoms with Gasteiger partial charge in [0.2, 0.25) is 0 Å². The number of nitriles is 1. The van der Waals surface area contributed by atoms with Gasteiger partial charge in [0.1, 0.15) is 17.5 Å². The first-order valence-corrected chi connectivity index (χ1v) is 9.47. The highest BCUT2D eigenvalue weighted by Gasteiger charge is 2.19. The second kappa shape index (κ2) is 9.44. The molecule has 2 N–H and O–H groups in total. The number of nitrogen functional groups attached to an aromatic ring is 1. The minimum atomic E-state index is 0.333. The lowest BCUT2D eigenvalue weighted by Gasteiger charge is -2.18. The van der Waals surface area contributed by atoms with Crippen LogP contribution in [-0.2, 0) is 12.8 Å². The predicted octanol–water partition coefficient (Wildman–Crippen LogP) is 5.93. The van der Waals surface area contributed by atoms with E-state index < -0.39 is 0 Å². The minimum absolute atomic E-state index is 0.333. The van der Waals surface area contributed by atoms with E-state index in [4.69, 9.17) is 17.3 Å². The highest BCUT2D eigenvalue weighted by Crippen LogP contribution is 2.34. The number of nitrogens with two attached hydrogens (primary N) is 1. The van der Waals surface area contributed by atoms with Gasteiger partial charge in [-0.25, -0.2) is 4.98 Å². The summed E-state index contributed by atoms with van der Waals surface area (Å²) >= 11 is 6.04. The maximum Gasteiger partial charge on any atom is 0.142 e. The number of hydrogen-bond acceptors (Lipinski definition) is 3. The molecular formula is C21H26ClN3. The van der Waals surface area contributed by atoms with Crippen LogP contribution in [0.5, 0.6) is 0 Å². The van der Waals surface area contributed by atoms with E-state index in [-0.39, 0.29) is 0 Å². The Bertz CT molecular complexity index is 745. The molecule has 0 saturated carbocycles. The molecule has 1 aromatic carbocycles. The van der Waals surface area contributed by atoms with Crippen molar-refractivity contribution in [3.05, 3.63) is 46.1 Å². The van der Waals surface area contributed by atoms with E-state index in [2.05, 4.69) is 24.9 Å². The molecule has 1 heterocycles. The van der Waals surface area contributed by atoms with Crippen molar-refractivity contribution in [3.63, 3.8) is 0 Å². The topological polar surface area (TPSA) is 62.7 Å². The molecule has 0 atom stereocenters. The zero-order valence-corrected chi connectivity index (χ0v) is 15.9. The van der Waals surface area contributed by atoms with Gasteiger partial charge in [-0.2, -0.15) is 5.26 Å². The third-order valence-electron chi connectivity index (χ3n) is 4.45. The molecule has 0 unspecified atom stereocenters. The van der Waals surface area contributed by atoms with Crippen LogP contribution in [0.2, 0.25) is 5.02 Å². The molecule has 1 aromatic heterocycles. The van der Waals surface area contributed by atoms with Gasteiger partial charge in [-0.3, -0.25) is 0 Å². The van der Waals surface area contributed by atoms with Gasteiger partial charge in [-0.15, -0.1) is 0 Å². The summed E-state index contributed by atoms with van der Waals surface area (Å²) < 4.78 is 0. The lowest BCUT2D eigenvalue weighted by Crippen LogP contribution is -2.08.